The van der Waals surface area contributed by atoms with E-state index >= 15 is 0 Å². The van der Waals surface area contributed by atoms with Gasteiger partial charge in [-0.2, -0.15) is 0 Å². The van der Waals surface area contributed by atoms with E-state index in [1.165, 1.54) is 148 Å². The van der Waals surface area contributed by atoms with Gasteiger partial charge in [0.15, 0.2) is 6.10 Å². The van der Waals surface area contributed by atoms with E-state index in [0.717, 1.165) is 77.0 Å². The molecule has 0 aromatic rings. The van der Waals surface area contributed by atoms with Crippen molar-refractivity contribution in [2.24, 2.45) is 0 Å². The molecule has 0 aromatic heterocycles. The number of esters is 3. The topological polar surface area (TPSA) is 78.9 Å². The molecule has 0 N–H and O–H groups in total. The van der Waals surface area contributed by atoms with E-state index in [1.54, 1.807) is 0 Å². The van der Waals surface area contributed by atoms with Crippen LogP contribution in [0.1, 0.15) is 265 Å². The fourth-order valence-electron chi connectivity index (χ4n) is 7.27. The zero-order valence-corrected chi connectivity index (χ0v) is 40.4. The third kappa shape index (κ3) is 48.3. The van der Waals surface area contributed by atoms with E-state index in [9.17, 15) is 14.4 Å². The van der Waals surface area contributed by atoms with Crippen molar-refractivity contribution < 1.29 is 28.6 Å². The van der Waals surface area contributed by atoms with Gasteiger partial charge in [0.2, 0.25) is 0 Å². The summed E-state index contributed by atoms with van der Waals surface area (Å²) in [5.74, 6) is -0.896. The molecule has 0 heterocycles. The lowest BCUT2D eigenvalue weighted by Gasteiger charge is -2.18. The molecule has 1 atom stereocenters. The average molecular weight is 855 g/mol. The maximum atomic E-state index is 12.8. The van der Waals surface area contributed by atoms with Crippen LogP contribution in [0.3, 0.4) is 0 Å². The van der Waals surface area contributed by atoms with Crippen molar-refractivity contribution in [1.82, 2.24) is 0 Å². The predicted molar refractivity (Wildman–Crippen MR) is 261 cm³/mol. The van der Waals surface area contributed by atoms with Crippen molar-refractivity contribution in [1.29, 1.82) is 0 Å². The summed E-state index contributed by atoms with van der Waals surface area (Å²) in [6.07, 6.45) is 59.4. The van der Waals surface area contributed by atoms with Crippen LogP contribution in [0.2, 0.25) is 0 Å². The molecule has 0 spiro atoms. The lowest BCUT2D eigenvalue weighted by atomic mass is 10.1. The quantitative estimate of drug-likeness (QED) is 0.0263. The first-order valence-corrected chi connectivity index (χ1v) is 26.1. The normalized spacial score (nSPS) is 12.4. The molecule has 6 nitrogen and oxygen atoms in total. The SMILES string of the molecule is CCCC/C=C\CCCCCCCC(=O)OCC(COC(=O)CCCCCCCCC/C=C\C/C=C\CCCCC)OC(=O)CCCCCCCCC/C=C\CCCCCC. The smallest absolute Gasteiger partial charge is 0.306 e. The summed E-state index contributed by atoms with van der Waals surface area (Å²) in [5.41, 5.74) is 0. The molecule has 0 saturated carbocycles. The van der Waals surface area contributed by atoms with Gasteiger partial charge in [0, 0.05) is 19.3 Å². The van der Waals surface area contributed by atoms with Gasteiger partial charge in [0.1, 0.15) is 13.2 Å². The number of allylic oxidation sites excluding steroid dienone is 8. The van der Waals surface area contributed by atoms with Crippen molar-refractivity contribution in [3.63, 3.8) is 0 Å². The molecule has 0 fully saturated rings. The summed E-state index contributed by atoms with van der Waals surface area (Å²) >= 11 is 0. The van der Waals surface area contributed by atoms with Gasteiger partial charge in [-0.05, 0) is 96.3 Å². The second-order valence-corrected chi connectivity index (χ2v) is 17.4. The highest BCUT2D eigenvalue weighted by Crippen LogP contribution is 2.14. The molecule has 0 aliphatic heterocycles. The van der Waals surface area contributed by atoms with Crippen LogP contribution >= 0.6 is 0 Å². The van der Waals surface area contributed by atoms with Crippen LogP contribution < -0.4 is 0 Å². The number of hydrogen-bond donors (Lipinski definition) is 0. The maximum absolute atomic E-state index is 12.8. The van der Waals surface area contributed by atoms with Crippen molar-refractivity contribution in [2.45, 2.75) is 271 Å². The summed E-state index contributed by atoms with van der Waals surface area (Å²) in [6, 6.07) is 0. The lowest BCUT2D eigenvalue weighted by Crippen LogP contribution is -2.30. The Balaban J connectivity index is 4.37. The lowest BCUT2D eigenvalue weighted by molar-refractivity contribution is -0.167. The van der Waals surface area contributed by atoms with Crippen LogP contribution in [0, 0.1) is 0 Å². The van der Waals surface area contributed by atoms with Crippen molar-refractivity contribution >= 4 is 17.9 Å². The molecule has 0 aromatic carbocycles. The van der Waals surface area contributed by atoms with Crippen molar-refractivity contribution in [3.8, 4) is 0 Å². The van der Waals surface area contributed by atoms with E-state index in [-0.39, 0.29) is 31.1 Å². The van der Waals surface area contributed by atoms with Gasteiger partial charge in [-0.1, -0.05) is 198 Å². The molecule has 0 radical (unpaired) electrons. The van der Waals surface area contributed by atoms with E-state index in [1.807, 2.05) is 0 Å². The van der Waals surface area contributed by atoms with Gasteiger partial charge in [-0.3, -0.25) is 14.4 Å². The molecular weight excluding hydrogens is 757 g/mol. The summed E-state index contributed by atoms with van der Waals surface area (Å²) in [7, 11) is 0. The van der Waals surface area contributed by atoms with Crippen molar-refractivity contribution in [2.75, 3.05) is 13.2 Å². The number of hydrogen-bond acceptors (Lipinski definition) is 6. The van der Waals surface area contributed by atoms with E-state index in [2.05, 4.69) is 69.4 Å². The van der Waals surface area contributed by atoms with Gasteiger partial charge >= 0.3 is 17.9 Å². The molecule has 1 unspecified atom stereocenters. The Morgan fingerprint density at radius 3 is 1.00 bits per heavy atom. The van der Waals surface area contributed by atoms with E-state index in [4.69, 9.17) is 14.2 Å². The largest absolute Gasteiger partial charge is 0.462 e. The Hall–Kier alpha value is -2.63. The first-order chi connectivity index (χ1) is 30.0. The molecule has 0 saturated heterocycles. The van der Waals surface area contributed by atoms with Crippen LogP contribution in [-0.4, -0.2) is 37.2 Å². The maximum Gasteiger partial charge on any atom is 0.306 e. The second kappa shape index (κ2) is 50.0. The number of ether oxygens (including phenoxy) is 3. The highest BCUT2D eigenvalue weighted by molar-refractivity contribution is 5.71. The second-order valence-electron chi connectivity index (χ2n) is 17.4. The Morgan fingerprint density at radius 2 is 0.607 bits per heavy atom. The van der Waals surface area contributed by atoms with Crippen LogP contribution in [-0.2, 0) is 28.6 Å². The third-order valence-corrected chi connectivity index (χ3v) is 11.3. The monoisotopic (exact) mass is 855 g/mol. The zero-order chi connectivity index (χ0) is 44.4. The van der Waals surface area contributed by atoms with Gasteiger partial charge < -0.3 is 14.2 Å². The molecule has 0 aliphatic carbocycles. The molecular formula is C55H98O6. The average Bonchev–Trinajstić information content (AvgIpc) is 3.26. The highest BCUT2D eigenvalue weighted by atomic mass is 16.6. The van der Waals surface area contributed by atoms with Gasteiger partial charge in [0.05, 0.1) is 0 Å². The Bertz CT molecular complexity index is 1070. The van der Waals surface area contributed by atoms with Gasteiger partial charge in [-0.15, -0.1) is 0 Å². The van der Waals surface area contributed by atoms with Gasteiger partial charge in [-0.25, -0.2) is 0 Å². The molecule has 0 amide bonds. The first kappa shape index (κ1) is 58.4. The van der Waals surface area contributed by atoms with Crippen LogP contribution in [0.15, 0.2) is 48.6 Å². The minimum Gasteiger partial charge on any atom is -0.462 e. The fraction of sp³-hybridized carbons (Fsp3) is 0.800. The van der Waals surface area contributed by atoms with E-state index < -0.39 is 6.10 Å². The Labute approximate surface area is 378 Å². The fourth-order valence-corrected chi connectivity index (χ4v) is 7.27. The zero-order valence-electron chi connectivity index (χ0n) is 40.4. The number of carbonyl (C=O) groups excluding carboxylic acids is 3. The summed E-state index contributed by atoms with van der Waals surface area (Å²) in [6.45, 7) is 6.56. The summed E-state index contributed by atoms with van der Waals surface area (Å²) < 4.78 is 16.8. The van der Waals surface area contributed by atoms with Crippen LogP contribution in [0.25, 0.3) is 0 Å². The van der Waals surface area contributed by atoms with Crippen molar-refractivity contribution in [3.05, 3.63) is 48.6 Å². The molecule has 61 heavy (non-hydrogen) atoms. The molecule has 354 valence electrons. The van der Waals surface area contributed by atoms with E-state index in [0.29, 0.717) is 19.3 Å². The molecule has 0 bridgehead atoms. The highest BCUT2D eigenvalue weighted by Gasteiger charge is 2.19. The predicted octanol–water partition coefficient (Wildman–Crippen LogP) is 17.1. The van der Waals surface area contributed by atoms with Gasteiger partial charge in [0.25, 0.3) is 0 Å². The Kier molecular flexibility index (Phi) is 47.9. The van der Waals surface area contributed by atoms with Crippen LogP contribution in [0.4, 0.5) is 0 Å². The molecule has 0 rings (SSSR count). The molecule has 6 heteroatoms. The first-order valence-electron chi connectivity index (χ1n) is 26.1. The number of rotatable bonds is 47. The third-order valence-electron chi connectivity index (χ3n) is 11.3. The summed E-state index contributed by atoms with van der Waals surface area (Å²) in [4.78, 5) is 37.9. The standard InChI is InChI=1S/C55H98O6/c1-4-7-10-13-16-19-22-24-26-27-29-30-33-36-39-42-45-48-54(57)60-51-52(50-59-53(56)47-44-41-38-35-32-21-18-15-12-9-6-3)61-55(58)49-46-43-40-37-34-31-28-25-23-20-17-14-11-8-5-2/h15-16,18-20,23-24,26,52H,4-14,17,21-22,25,27-51H2,1-3H3/b18-15-,19-16-,23-20-,26-24-. The minimum atomic E-state index is -0.780. The molecule has 0 aliphatic rings. The Morgan fingerprint density at radius 1 is 0.328 bits per heavy atom. The number of carbonyl (C=O) groups is 3. The minimum absolute atomic E-state index is 0.0809. The summed E-state index contributed by atoms with van der Waals surface area (Å²) in [5, 5.41) is 0. The number of unbranched alkanes of at least 4 members (excludes halogenated alkanes) is 28. The van der Waals surface area contributed by atoms with Crippen LogP contribution in [0.5, 0.6) is 0 Å².